The van der Waals surface area contributed by atoms with E-state index in [0.29, 0.717) is 5.56 Å². The van der Waals surface area contributed by atoms with E-state index in [1.165, 1.54) is 0 Å². The van der Waals surface area contributed by atoms with E-state index in [9.17, 15) is 24.0 Å². The molecule has 0 saturated carbocycles. The first kappa shape index (κ1) is 26.9. The number of hydrogen-bond acceptors (Lipinski definition) is 8. The van der Waals surface area contributed by atoms with Crippen molar-refractivity contribution in [2.75, 3.05) is 12.4 Å². The molecule has 0 bridgehead atoms. The fourth-order valence-electron chi connectivity index (χ4n) is 2.54. The number of hydrogen-bond donors (Lipinski definition) is 8. The minimum absolute atomic E-state index is 0.00745. The zero-order chi connectivity index (χ0) is 24.3. The summed E-state index contributed by atoms with van der Waals surface area (Å²) in [5, 5.41) is 33.6. The maximum atomic E-state index is 12.8. The van der Waals surface area contributed by atoms with Gasteiger partial charge in [-0.05, 0) is 5.56 Å². The molecular formula is C19H26N4O8S. The summed E-state index contributed by atoms with van der Waals surface area (Å²) < 4.78 is 0. The lowest BCUT2D eigenvalue weighted by Gasteiger charge is -2.24. The number of aliphatic carboxylic acids is 2. The predicted octanol–water partition coefficient (Wildman–Crippen LogP) is -2.51. The highest BCUT2D eigenvalue weighted by atomic mass is 32.1. The maximum absolute atomic E-state index is 12.8. The zero-order valence-corrected chi connectivity index (χ0v) is 17.8. The third-order valence-corrected chi connectivity index (χ3v) is 4.62. The van der Waals surface area contributed by atoms with Gasteiger partial charge in [0.2, 0.25) is 17.7 Å². The molecule has 0 saturated heterocycles. The first-order chi connectivity index (χ1) is 15.1. The van der Waals surface area contributed by atoms with E-state index < -0.39 is 66.9 Å². The summed E-state index contributed by atoms with van der Waals surface area (Å²) in [4.78, 5) is 59.2. The summed E-state index contributed by atoms with van der Waals surface area (Å²) in [6.07, 6.45) is -0.640. The normalized spacial score (nSPS) is 14.3. The Kier molecular flexibility index (Phi) is 11.2. The number of carboxylic acid groups (broad SMARTS) is 2. The van der Waals surface area contributed by atoms with Crippen molar-refractivity contribution in [2.24, 2.45) is 5.73 Å². The van der Waals surface area contributed by atoms with E-state index in [1.54, 1.807) is 30.3 Å². The van der Waals surface area contributed by atoms with Crippen LogP contribution < -0.4 is 21.7 Å². The second kappa shape index (κ2) is 13.3. The standard InChI is InChI=1S/C19H26N4O8S/c20-11(7-15(25)26)16(27)21-12(6-10-4-2-1-3-5-10)17(28)23-14(9-32)18(29)22-13(8-24)19(30)31/h1-5,11-14,24,32H,6-9,20H2,(H,21,27)(H,22,29)(H,23,28)(H,25,26)(H,30,31). The van der Waals surface area contributed by atoms with Gasteiger partial charge in [0.1, 0.15) is 18.1 Å². The van der Waals surface area contributed by atoms with Crippen LogP contribution in [0.1, 0.15) is 12.0 Å². The van der Waals surface area contributed by atoms with Crippen molar-refractivity contribution < 1.29 is 39.3 Å². The van der Waals surface area contributed by atoms with Gasteiger partial charge >= 0.3 is 11.9 Å². The topological polar surface area (TPSA) is 208 Å². The fraction of sp³-hybridized carbons (Fsp3) is 0.421. The predicted molar refractivity (Wildman–Crippen MR) is 115 cm³/mol. The quantitative estimate of drug-likeness (QED) is 0.143. The Labute approximate surface area is 189 Å². The van der Waals surface area contributed by atoms with E-state index in [2.05, 4.69) is 28.6 Å². The largest absolute Gasteiger partial charge is 0.481 e. The van der Waals surface area contributed by atoms with Crippen LogP contribution in [0.25, 0.3) is 0 Å². The minimum Gasteiger partial charge on any atom is -0.481 e. The van der Waals surface area contributed by atoms with Crippen LogP contribution in [0.3, 0.4) is 0 Å². The number of carboxylic acids is 2. The summed E-state index contributed by atoms with van der Waals surface area (Å²) in [5.41, 5.74) is 6.22. The number of amides is 3. The molecule has 3 amide bonds. The zero-order valence-electron chi connectivity index (χ0n) is 16.9. The van der Waals surface area contributed by atoms with Crippen LogP contribution in [-0.2, 0) is 30.4 Å². The number of thiol groups is 1. The monoisotopic (exact) mass is 470 g/mol. The molecule has 176 valence electrons. The number of aliphatic hydroxyl groups excluding tert-OH is 1. The van der Waals surface area contributed by atoms with Crippen LogP contribution in [0, 0.1) is 0 Å². The highest BCUT2D eigenvalue weighted by Crippen LogP contribution is 2.05. The molecule has 1 aromatic carbocycles. The Bertz CT molecular complexity index is 823. The molecule has 1 rings (SSSR count). The number of nitrogens with two attached hydrogens (primary N) is 1. The van der Waals surface area contributed by atoms with Gasteiger partial charge in [-0.2, -0.15) is 12.6 Å². The van der Waals surface area contributed by atoms with Crippen LogP contribution in [0.2, 0.25) is 0 Å². The number of aliphatic hydroxyl groups is 1. The molecule has 4 atom stereocenters. The molecule has 0 heterocycles. The molecule has 0 aromatic heterocycles. The molecule has 0 aliphatic heterocycles. The first-order valence-electron chi connectivity index (χ1n) is 9.46. The van der Waals surface area contributed by atoms with Crippen LogP contribution in [0.4, 0.5) is 0 Å². The van der Waals surface area contributed by atoms with Crippen molar-refractivity contribution in [3.8, 4) is 0 Å². The van der Waals surface area contributed by atoms with Crippen molar-refractivity contribution in [3.63, 3.8) is 0 Å². The van der Waals surface area contributed by atoms with Gasteiger partial charge in [-0.25, -0.2) is 4.79 Å². The van der Waals surface area contributed by atoms with Crippen LogP contribution in [0.15, 0.2) is 30.3 Å². The molecule has 4 unspecified atom stereocenters. The number of carbonyl (C=O) groups excluding carboxylic acids is 3. The lowest BCUT2D eigenvalue weighted by Crippen LogP contribution is -2.58. The van der Waals surface area contributed by atoms with Crippen LogP contribution in [0.5, 0.6) is 0 Å². The molecule has 1 aromatic rings. The smallest absolute Gasteiger partial charge is 0.328 e. The fourth-order valence-corrected chi connectivity index (χ4v) is 2.80. The molecule has 12 nitrogen and oxygen atoms in total. The second-order valence-corrected chi connectivity index (χ2v) is 7.15. The number of carbonyl (C=O) groups is 5. The molecule has 0 spiro atoms. The van der Waals surface area contributed by atoms with E-state index in [4.69, 9.17) is 21.1 Å². The van der Waals surface area contributed by atoms with Crippen molar-refractivity contribution in [1.29, 1.82) is 0 Å². The first-order valence-corrected chi connectivity index (χ1v) is 10.1. The van der Waals surface area contributed by atoms with Gasteiger partial charge in [0.25, 0.3) is 0 Å². The Hall–Kier alpha value is -3.16. The summed E-state index contributed by atoms with van der Waals surface area (Å²) >= 11 is 3.98. The van der Waals surface area contributed by atoms with E-state index in [0.717, 1.165) is 0 Å². The molecule has 32 heavy (non-hydrogen) atoms. The Balaban J connectivity index is 2.97. The second-order valence-electron chi connectivity index (χ2n) is 6.78. The minimum atomic E-state index is -1.57. The Morgan fingerprint density at radius 2 is 1.41 bits per heavy atom. The molecule has 0 fully saturated rings. The average Bonchev–Trinajstić information content (AvgIpc) is 2.74. The highest BCUT2D eigenvalue weighted by molar-refractivity contribution is 7.80. The lowest BCUT2D eigenvalue weighted by atomic mass is 10.0. The summed E-state index contributed by atoms with van der Waals surface area (Å²) in [7, 11) is 0. The summed E-state index contributed by atoms with van der Waals surface area (Å²) in [5.74, 6) is -5.54. The summed E-state index contributed by atoms with van der Waals surface area (Å²) in [6.45, 7) is -0.859. The lowest BCUT2D eigenvalue weighted by molar-refractivity contribution is -0.143. The molecule has 0 aliphatic carbocycles. The maximum Gasteiger partial charge on any atom is 0.328 e. The molecule has 13 heteroatoms. The average molecular weight is 471 g/mol. The van der Waals surface area contributed by atoms with Crippen LogP contribution >= 0.6 is 12.6 Å². The van der Waals surface area contributed by atoms with Gasteiger partial charge in [0.15, 0.2) is 0 Å². The van der Waals surface area contributed by atoms with Gasteiger partial charge in [-0.15, -0.1) is 0 Å². The Morgan fingerprint density at radius 1 is 0.875 bits per heavy atom. The third kappa shape index (κ3) is 8.91. The van der Waals surface area contributed by atoms with Gasteiger partial charge in [-0.3, -0.25) is 19.2 Å². The van der Waals surface area contributed by atoms with E-state index in [-0.39, 0.29) is 12.2 Å². The number of benzene rings is 1. The number of rotatable bonds is 13. The van der Waals surface area contributed by atoms with E-state index in [1.807, 2.05) is 0 Å². The van der Waals surface area contributed by atoms with Crippen molar-refractivity contribution in [3.05, 3.63) is 35.9 Å². The van der Waals surface area contributed by atoms with Crippen molar-refractivity contribution in [2.45, 2.75) is 37.0 Å². The summed E-state index contributed by atoms with van der Waals surface area (Å²) in [6, 6.07) is 3.12. The van der Waals surface area contributed by atoms with Crippen LogP contribution in [-0.4, -0.2) is 81.5 Å². The van der Waals surface area contributed by atoms with E-state index >= 15 is 0 Å². The van der Waals surface area contributed by atoms with Gasteiger partial charge < -0.3 is 37.0 Å². The molecule has 0 aliphatic rings. The highest BCUT2D eigenvalue weighted by Gasteiger charge is 2.30. The van der Waals surface area contributed by atoms with Crippen molar-refractivity contribution in [1.82, 2.24) is 16.0 Å². The molecular weight excluding hydrogens is 444 g/mol. The third-order valence-electron chi connectivity index (χ3n) is 4.26. The molecule has 8 N–H and O–H groups in total. The van der Waals surface area contributed by atoms with Gasteiger partial charge in [-0.1, -0.05) is 30.3 Å². The van der Waals surface area contributed by atoms with Gasteiger partial charge in [0.05, 0.1) is 19.1 Å². The van der Waals surface area contributed by atoms with Gasteiger partial charge in [0, 0.05) is 12.2 Å². The van der Waals surface area contributed by atoms with Crippen molar-refractivity contribution >= 4 is 42.3 Å². The Morgan fingerprint density at radius 3 is 1.91 bits per heavy atom. The SMILES string of the molecule is NC(CC(=O)O)C(=O)NC(Cc1ccccc1)C(=O)NC(CS)C(=O)NC(CO)C(=O)O. The number of nitrogens with one attached hydrogen (secondary N) is 3. The molecule has 0 radical (unpaired) electrons.